The van der Waals surface area contributed by atoms with E-state index in [-0.39, 0.29) is 28.9 Å². The first-order chi connectivity index (χ1) is 15.4. The number of ketones is 1. The average molecular weight is 447 g/mol. The maximum absolute atomic E-state index is 13.6. The number of halogens is 1. The number of amides is 3. The van der Waals surface area contributed by atoms with Crippen LogP contribution in [-0.4, -0.2) is 39.6 Å². The first-order valence-electron chi connectivity index (χ1n) is 10.1. The molecule has 3 aromatic carbocycles. The van der Waals surface area contributed by atoms with Gasteiger partial charge < -0.3 is 0 Å². The number of carbonyl (C=O) groups excluding carboxylic acids is 4. The van der Waals surface area contributed by atoms with Crippen molar-refractivity contribution in [2.45, 2.75) is 19.4 Å². The van der Waals surface area contributed by atoms with Crippen LogP contribution < -0.4 is 0 Å². The second-order valence-electron chi connectivity index (χ2n) is 7.28. The average Bonchev–Trinajstić information content (AvgIpc) is 3.08. The van der Waals surface area contributed by atoms with Gasteiger partial charge in [0.25, 0.3) is 17.7 Å². The van der Waals surface area contributed by atoms with Crippen LogP contribution >= 0.6 is 11.6 Å². The molecule has 1 aliphatic rings. The Kier molecular flexibility index (Phi) is 5.88. The van der Waals surface area contributed by atoms with E-state index in [2.05, 4.69) is 0 Å². The van der Waals surface area contributed by atoms with Gasteiger partial charge in [0.1, 0.15) is 6.04 Å². The summed E-state index contributed by atoms with van der Waals surface area (Å²) in [6.45, 7) is 1.73. The summed E-state index contributed by atoms with van der Waals surface area (Å²) in [7, 11) is 0. The fourth-order valence-electron chi connectivity index (χ4n) is 3.73. The van der Waals surface area contributed by atoms with E-state index in [1.165, 1.54) is 36.4 Å². The quantitative estimate of drug-likeness (QED) is 0.408. The topological polar surface area (TPSA) is 74.8 Å². The molecule has 0 aliphatic carbocycles. The van der Waals surface area contributed by atoms with Gasteiger partial charge in [-0.05, 0) is 42.8 Å². The van der Waals surface area contributed by atoms with Gasteiger partial charge in [-0.25, -0.2) is 5.01 Å². The third kappa shape index (κ3) is 3.69. The highest BCUT2D eigenvalue weighted by Crippen LogP contribution is 2.28. The molecule has 7 heteroatoms. The van der Waals surface area contributed by atoms with Gasteiger partial charge >= 0.3 is 0 Å². The van der Waals surface area contributed by atoms with Crippen molar-refractivity contribution in [2.75, 3.05) is 0 Å². The molecule has 1 atom stereocenters. The van der Waals surface area contributed by atoms with Crippen molar-refractivity contribution < 1.29 is 19.2 Å². The number of Topliss-reactive ketones (excluding diaryl/α,β-unsaturated/α-hetero) is 1. The van der Waals surface area contributed by atoms with E-state index >= 15 is 0 Å². The van der Waals surface area contributed by atoms with E-state index in [0.29, 0.717) is 10.6 Å². The SMILES string of the molecule is CCC(C(=O)c1ccccc1)N(C(=O)c1ccc(Cl)cc1)N1C(=O)c2ccccc2C1=O. The highest BCUT2D eigenvalue weighted by atomic mass is 35.5. The fourth-order valence-corrected chi connectivity index (χ4v) is 3.86. The Morgan fingerprint density at radius 3 is 1.88 bits per heavy atom. The number of fused-ring (bicyclic) bond motifs is 1. The van der Waals surface area contributed by atoms with E-state index in [1.807, 2.05) is 0 Å². The summed E-state index contributed by atoms with van der Waals surface area (Å²) >= 11 is 5.95. The number of benzene rings is 3. The van der Waals surface area contributed by atoms with Crippen LogP contribution in [0.15, 0.2) is 78.9 Å². The minimum Gasteiger partial charge on any atom is -0.292 e. The zero-order chi connectivity index (χ0) is 22.8. The molecule has 3 amide bonds. The molecule has 160 valence electrons. The zero-order valence-corrected chi connectivity index (χ0v) is 18.0. The number of imide groups is 1. The summed E-state index contributed by atoms with van der Waals surface area (Å²) in [6.07, 6.45) is 0.195. The molecule has 32 heavy (non-hydrogen) atoms. The van der Waals surface area contributed by atoms with Gasteiger partial charge in [0.15, 0.2) is 5.78 Å². The number of carbonyl (C=O) groups is 4. The van der Waals surface area contributed by atoms with E-state index in [9.17, 15) is 19.2 Å². The van der Waals surface area contributed by atoms with Crippen LogP contribution in [0, 0.1) is 0 Å². The molecule has 0 spiro atoms. The predicted octanol–water partition coefficient (Wildman–Crippen LogP) is 4.65. The molecule has 1 aliphatic heterocycles. The summed E-state index contributed by atoms with van der Waals surface area (Å²) in [5, 5.41) is 2.21. The molecule has 6 nitrogen and oxygen atoms in total. The van der Waals surface area contributed by atoms with Crippen LogP contribution in [-0.2, 0) is 0 Å². The summed E-state index contributed by atoms with van der Waals surface area (Å²) in [6, 6.07) is 19.8. The molecule has 0 saturated heterocycles. The van der Waals surface area contributed by atoms with E-state index < -0.39 is 23.8 Å². The molecule has 3 aromatic rings. The number of hydrogen-bond acceptors (Lipinski definition) is 4. The smallest absolute Gasteiger partial charge is 0.280 e. The Hall–Kier alpha value is -3.77. The van der Waals surface area contributed by atoms with Crippen molar-refractivity contribution in [3.8, 4) is 0 Å². The monoisotopic (exact) mass is 446 g/mol. The summed E-state index contributed by atoms with van der Waals surface area (Å²) in [4.78, 5) is 53.4. The lowest BCUT2D eigenvalue weighted by Crippen LogP contribution is -2.57. The normalized spacial score (nSPS) is 13.6. The molecular formula is C25H19ClN2O4. The molecule has 4 rings (SSSR count). The lowest BCUT2D eigenvalue weighted by atomic mass is 10.0. The van der Waals surface area contributed by atoms with Crippen molar-refractivity contribution in [3.05, 3.63) is 106 Å². The molecule has 1 heterocycles. The van der Waals surface area contributed by atoms with Gasteiger partial charge in [-0.2, -0.15) is 5.01 Å². The second-order valence-corrected chi connectivity index (χ2v) is 7.72. The van der Waals surface area contributed by atoms with Crippen molar-refractivity contribution >= 4 is 35.1 Å². The lowest BCUT2D eigenvalue weighted by molar-refractivity contribution is -0.00971. The van der Waals surface area contributed by atoms with Gasteiger partial charge in [-0.15, -0.1) is 0 Å². The molecule has 0 bridgehead atoms. The van der Waals surface area contributed by atoms with Crippen LogP contribution in [0.3, 0.4) is 0 Å². The van der Waals surface area contributed by atoms with Gasteiger partial charge in [0.05, 0.1) is 11.1 Å². The maximum Gasteiger partial charge on any atom is 0.280 e. The zero-order valence-electron chi connectivity index (χ0n) is 17.2. The van der Waals surface area contributed by atoms with Gasteiger partial charge in [0.2, 0.25) is 0 Å². The van der Waals surface area contributed by atoms with Crippen LogP contribution in [0.2, 0.25) is 5.02 Å². The van der Waals surface area contributed by atoms with Crippen LogP contribution in [0.4, 0.5) is 0 Å². The molecule has 1 unspecified atom stereocenters. The van der Waals surface area contributed by atoms with Crippen LogP contribution in [0.1, 0.15) is 54.8 Å². The molecule has 0 fully saturated rings. The van der Waals surface area contributed by atoms with Gasteiger partial charge in [-0.1, -0.05) is 61.0 Å². The number of hydrogen-bond donors (Lipinski definition) is 0. The van der Waals surface area contributed by atoms with Crippen LogP contribution in [0.5, 0.6) is 0 Å². The number of nitrogens with zero attached hydrogens (tertiary/aromatic N) is 2. The standard InChI is InChI=1S/C25H19ClN2O4/c1-2-21(22(29)16-8-4-3-5-9-16)27(23(30)17-12-14-18(26)15-13-17)28-24(31)19-10-6-7-11-20(19)25(28)32/h3-15,21H,2H2,1H3. The van der Waals surface area contributed by atoms with Crippen molar-refractivity contribution in [3.63, 3.8) is 0 Å². The van der Waals surface area contributed by atoms with E-state index in [4.69, 9.17) is 11.6 Å². The minimum atomic E-state index is -1.07. The summed E-state index contributed by atoms with van der Waals surface area (Å²) < 4.78 is 0. The van der Waals surface area contributed by atoms with Crippen molar-refractivity contribution in [1.29, 1.82) is 0 Å². The Balaban J connectivity index is 1.82. The van der Waals surface area contributed by atoms with Crippen molar-refractivity contribution in [2.24, 2.45) is 0 Å². The molecular weight excluding hydrogens is 428 g/mol. The third-order valence-corrected chi connectivity index (χ3v) is 5.58. The number of rotatable bonds is 6. The maximum atomic E-state index is 13.6. The largest absolute Gasteiger partial charge is 0.292 e. The Labute approximate surface area is 190 Å². The first kappa shape index (κ1) is 21.5. The minimum absolute atomic E-state index is 0.188. The second kappa shape index (κ2) is 8.77. The Bertz CT molecular complexity index is 1170. The van der Waals surface area contributed by atoms with E-state index in [0.717, 1.165) is 10.0 Å². The molecule has 0 N–H and O–H groups in total. The summed E-state index contributed by atoms with van der Waals surface area (Å²) in [5.41, 5.74) is 0.956. The van der Waals surface area contributed by atoms with E-state index in [1.54, 1.807) is 49.4 Å². The molecule has 0 saturated carbocycles. The predicted molar refractivity (Wildman–Crippen MR) is 119 cm³/mol. The lowest BCUT2D eigenvalue weighted by Gasteiger charge is -2.35. The van der Waals surface area contributed by atoms with Crippen molar-refractivity contribution in [1.82, 2.24) is 10.0 Å². The Morgan fingerprint density at radius 2 is 1.34 bits per heavy atom. The molecule has 0 radical (unpaired) electrons. The highest BCUT2D eigenvalue weighted by molar-refractivity contribution is 6.30. The Morgan fingerprint density at radius 1 is 0.812 bits per heavy atom. The molecule has 0 aromatic heterocycles. The first-order valence-corrected chi connectivity index (χ1v) is 10.5. The van der Waals surface area contributed by atoms with Gasteiger partial charge in [-0.3, -0.25) is 19.2 Å². The number of hydrazine groups is 1. The fraction of sp³-hybridized carbons (Fsp3) is 0.120. The summed E-state index contributed by atoms with van der Waals surface area (Å²) in [5.74, 6) is -2.31. The highest BCUT2D eigenvalue weighted by Gasteiger charge is 2.45. The van der Waals surface area contributed by atoms with Gasteiger partial charge in [0, 0.05) is 16.1 Å². The van der Waals surface area contributed by atoms with Crippen LogP contribution in [0.25, 0.3) is 0 Å². The third-order valence-electron chi connectivity index (χ3n) is 5.33.